The molecule has 1 heteroatoms. The number of rotatable bonds is 4. The number of allylic oxidation sites excluding steroid dienone is 2. The Morgan fingerprint density at radius 2 is 2.00 bits per heavy atom. The zero-order valence-corrected chi connectivity index (χ0v) is 9.52. The Bertz CT molecular complexity index is 214. The summed E-state index contributed by atoms with van der Waals surface area (Å²) >= 11 is 0. The number of nitrogens with zero attached hydrogens (tertiary/aromatic N) is 1. The van der Waals surface area contributed by atoms with Gasteiger partial charge >= 0.3 is 0 Å². The largest absolute Gasteiger partial charge is 0.311 e. The second-order valence-electron chi connectivity index (χ2n) is 4.53. The van der Waals surface area contributed by atoms with E-state index in [0.717, 1.165) is 12.8 Å². The van der Waals surface area contributed by atoms with Gasteiger partial charge in [0.15, 0.2) is 0 Å². The lowest BCUT2D eigenvalue weighted by molar-refractivity contribution is 0.380. The maximum atomic E-state index is 7.07. The fraction of sp³-hybridized carbons (Fsp3) is 0.750. The van der Waals surface area contributed by atoms with Crippen molar-refractivity contribution in [3.8, 4) is 0 Å². The lowest BCUT2D eigenvalue weighted by Gasteiger charge is -2.19. The van der Waals surface area contributed by atoms with E-state index in [1.165, 1.54) is 5.57 Å². The van der Waals surface area contributed by atoms with Crippen LogP contribution in [0.3, 0.4) is 0 Å². The van der Waals surface area contributed by atoms with Crippen molar-refractivity contribution in [1.82, 2.24) is 0 Å². The summed E-state index contributed by atoms with van der Waals surface area (Å²) in [6.07, 6.45) is 4.46. The van der Waals surface area contributed by atoms with E-state index in [9.17, 15) is 0 Å². The Kier molecular flexibility index (Phi) is 4.77. The predicted octanol–water partition coefficient (Wildman–Crippen LogP) is 4.07. The Morgan fingerprint density at radius 1 is 1.46 bits per heavy atom. The van der Waals surface area contributed by atoms with E-state index in [2.05, 4.69) is 31.7 Å². The lowest BCUT2D eigenvalue weighted by atomic mass is 9.86. The van der Waals surface area contributed by atoms with Crippen LogP contribution in [0.25, 0.3) is 4.85 Å². The first-order valence-corrected chi connectivity index (χ1v) is 4.92. The molecule has 0 saturated carbocycles. The highest BCUT2D eigenvalue weighted by Crippen LogP contribution is 2.25. The third-order valence-electron chi connectivity index (χ3n) is 2.65. The summed E-state index contributed by atoms with van der Waals surface area (Å²) in [5.74, 6) is 0.473. The minimum Gasteiger partial charge on any atom is -0.311 e. The fourth-order valence-electron chi connectivity index (χ4n) is 1.09. The molecule has 1 unspecified atom stereocenters. The van der Waals surface area contributed by atoms with Gasteiger partial charge in [0, 0.05) is 19.8 Å². The van der Waals surface area contributed by atoms with Crippen molar-refractivity contribution in [3.63, 3.8) is 0 Å². The minimum absolute atomic E-state index is 0.199. The highest BCUT2D eigenvalue weighted by Gasteiger charge is 2.30. The summed E-state index contributed by atoms with van der Waals surface area (Å²) in [4.78, 5) is 3.65. The molecule has 13 heavy (non-hydrogen) atoms. The Labute approximate surface area is 82.7 Å². The molecule has 0 aromatic rings. The summed E-state index contributed by atoms with van der Waals surface area (Å²) in [6.45, 7) is 17.5. The van der Waals surface area contributed by atoms with E-state index in [0.29, 0.717) is 5.92 Å². The van der Waals surface area contributed by atoms with Gasteiger partial charge in [0.05, 0.1) is 0 Å². The van der Waals surface area contributed by atoms with Crippen LogP contribution in [0, 0.1) is 12.5 Å². The molecule has 0 saturated heterocycles. The highest BCUT2D eigenvalue weighted by atomic mass is 14.8. The Hall–Kier alpha value is -0.770. The molecule has 1 nitrogen and oxygen atoms in total. The first kappa shape index (κ1) is 12.2. The summed E-state index contributed by atoms with van der Waals surface area (Å²) in [5, 5.41) is 0. The van der Waals surface area contributed by atoms with Gasteiger partial charge in [-0.2, -0.15) is 0 Å². The summed E-state index contributed by atoms with van der Waals surface area (Å²) in [6, 6.07) is 0. The predicted molar refractivity (Wildman–Crippen MR) is 58.5 cm³/mol. The van der Waals surface area contributed by atoms with Gasteiger partial charge in [0.2, 0.25) is 5.54 Å². The van der Waals surface area contributed by atoms with Gasteiger partial charge in [-0.1, -0.05) is 18.6 Å². The van der Waals surface area contributed by atoms with Crippen molar-refractivity contribution in [2.45, 2.75) is 53.0 Å². The molecule has 0 aliphatic carbocycles. The maximum Gasteiger partial charge on any atom is 0.229 e. The molecule has 0 spiro atoms. The van der Waals surface area contributed by atoms with E-state index >= 15 is 0 Å². The van der Waals surface area contributed by atoms with Crippen molar-refractivity contribution < 1.29 is 0 Å². The average molecular weight is 179 g/mol. The molecule has 1 atom stereocenters. The lowest BCUT2D eigenvalue weighted by Crippen LogP contribution is -2.24. The van der Waals surface area contributed by atoms with Crippen molar-refractivity contribution in [2.75, 3.05) is 0 Å². The summed E-state index contributed by atoms with van der Waals surface area (Å²) < 4.78 is 0. The first-order chi connectivity index (χ1) is 5.90. The Balaban J connectivity index is 3.97. The second kappa shape index (κ2) is 5.07. The van der Waals surface area contributed by atoms with Crippen LogP contribution in [0.1, 0.15) is 47.5 Å². The molecule has 0 amide bonds. The molecule has 0 aromatic carbocycles. The van der Waals surface area contributed by atoms with Crippen LogP contribution in [0.4, 0.5) is 0 Å². The van der Waals surface area contributed by atoms with Gasteiger partial charge in [-0.25, -0.2) is 6.57 Å². The van der Waals surface area contributed by atoms with Crippen LogP contribution in [0.2, 0.25) is 0 Å². The van der Waals surface area contributed by atoms with Crippen molar-refractivity contribution in [3.05, 3.63) is 23.1 Å². The molecule has 0 fully saturated rings. The molecule has 74 valence electrons. The summed E-state index contributed by atoms with van der Waals surface area (Å²) in [5.41, 5.74) is 1.17. The molecule has 0 aliphatic rings. The molecule has 0 radical (unpaired) electrons. The smallest absolute Gasteiger partial charge is 0.229 e. The standard InChI is InChI=1S/C12H21N/c1-10(2)8-7-9-11(3)12(4,5)13-6/h8,11H,7,9H2,1-5H3. The number of hydrogen-bond donors (Lipinski definition) is 0. The van der Waals surface area contributed by atoms with E-state index in [1.807, 2.05) is 13.8 Å². The van der Waals surface area contributed by atoms with Gasteiger partial charge in [0.25, 0.3) is 0 Å². The van der Waals surface area contributed by atoms with E-state index in [1.54, 1.807) is 0 Å². The molecule has 0 N–H and O–H groups in total. The molecule has 0 aliphatic heterocycles. The quantitative estimate of drug-likeness (QED) is 0.452. The van der Waals surface area contributed by atoms with Crippen LogP contribution in [0.15, 0.2) is 11.6 Å². The van der Waals surface area contributed by atoms with E-state index in [-0.39, 0.29) is 5.54 Å². The molecule has 0 aromatic heterocycles. The second-order valence-corrected chi connectivity index (χ2v) is 4.53. The topological polar surface area (TPSA) is 4.36 Å². The highest BCUT2D eigenvalue weighted by molar-refractivity contribution is 4.97. The minimum atomic E-state index is -0.199. The van der Waals surface area contributed by atoms with Crippen LogP contribution < -0.4 is 0 Å². The zero-order valence-electron chi connectivity index (χ0n) is 9.52. The monoisotopic (exact) mass is 179 g/mol. The van der Waals surface area contributed by atoms with E-state index in [4.69, 9.17) is 6.57 Å². The van der Waals surface area contributed by atoms with Crippen LogP contribution >= 0.6 is 0 Å². The average Bonchev–Trinajstić information content (AvgIpc) is 2.03. The summed E-state index contributed by atoms with van der Waals surface area (Å²) in [7, 11) is 0. The molecule has 0 heterocycles. The molecular formula is C12H21N. The maximum absolute atomic E-state index is 7.07. The fourth-order valence-corrected chi connectivity index (χ4v) is 1.09. The SMILES string of the molecule is [C-]#[N+]C(C)(C)C(C)CCC=C(C)C. The van der Waals surface area contributed by atoms with Gasteiger partial charge in [-0.05, 0) is 26.7 Å². The molecular weight excluding hydrogens is 158 g/mol. The Morgan fingerprint density at radius 3 is 2.38 bits per heavy atom. The normalized spacial score (nSPS) is 13.2. The zero-order chi connectivity index (χ0) is 10.5. The van der Waals surface area contributed by atoms with Crippen LogP contribution in [0.5, 0.6) is 0 Å². The first-order valence-electron chi connectivity index (χ1n) is 4.92. The molecule has 0 bridgehead atoms. The van der Waals surface area contributed by atoms with Crippen LogP contribution in [-0.2, 0) is 0 Å². The third-order valence-corrected chi connectivity index (χ3v) is 2.65. The van der Waals surface area contributed by atoms with Gasteiger partial charge in [-0.15, -0.1) is 0 Å². The van der Waals surface area contributed by atoms with Gasteiger partial charge in [-0.3, -0.25) is 0 Å². The van der Waals surface area contributed by atoms with Crippen molar-refractivity contribution >= 4 is 0 Å². The third kappa shape index (κ3) is 4.72. The van der Waals surface area contributed by atoms with E-state index < -0.39 is 0 Å². The van der Waals surface area contributed by atoms with Crippen molar-refractivity contribution in [1.29, 1.82) is 0 Å². The number of hydrogen-bond acceptors (Lipinski definition) is 0. The van der Waals surface area contributed by atoms with Gasteiger partial charge in [0.1, 0.15) is 0 Å². The van der Waals surface area contributed by atoms with Crippen molar-refractivity contribution in [2.24, 2.45) is 5.92 Å². The van der Waals surface area contributed by atoms with Gasteiger partial charge < -0.3 is 4.85 Å². The van der Waals surface area contributed by atoms with Crippen LogP contribution in [-0.4, -0.2) is 5.54 Å². The molecule has 0 rings (SSSR count).